The van der Waals surface area contributed by atoms with E-state index in [4.69, 9.17) is 23.8 Å². The molecule has 102 valence electrons. The van der Waals surface area contributed by atoms with Gasteiger partial charge in [0.15, 0.2) is 14.9 Å². The number of fused-ring (bicyclic) bond motifs is 1. The Hall–Kier alpha value is -0.850. The Labute approximate surface area is 122 Å². The summed E-state index contributed by atoms with van der Waals surface area (Å²) >= 11 is 11.4. The fraction of sp³-hybridized carbons (Fsp3) is 0.417. The molecule has 2 heterocycles. The van der Waals surface area contributed by atoms with E-state index in [0.29, 0.717) is 16.7 Å². The fourth-order valence-corrected chi connectivity index (χ4v) is 5.13. The van der Waals surface area contributed by atoms with Crippen LogP contribution < -0.4 is 5.32 Å². The van der Waals surface area contributed by atoms with Crippen molar-refractivity contribution in [1.82, 2.24) is 10.2 Å². The van der Waals surface area contributed by atoms with Gasteiger partial charge in [-0.1, -0.05) is 29.8 Å². The first-order chi connectivity index (χ1) is 8.96. The standard InChI is InChI=1S/C12H13ClN2O2S2/c13-9-4-2-1-3-8(9)5-15-11-7-19(16,17)6-10(11)14-12(15)18/h1-4,10-11H,5-7H2,(H,14,18)/t10-,11+/m0/s1. The lowest BCUT2D eigenvalue weighted by molar-refractivity contribution is 0.349. The molecule has 0 amide bonds. The number of nitrogens with one attached hydrogen (secondary N) is 1. The molecule has 19 heavy (non-hydrogen) atoms. The van der Waals surface area contributed by atoms with Gasteiger partial charge in [0.1, 0.15) is 0 Å². The van der Waals surface area contributed by atoms with Crippen LogP contribution in [0.3, 0.4) is 0 Å². The van der Waals surface area contributed by atoms with Crippen LogP contribution in [-0.2, 0) is 16.4 Å². The summed E-state index contributed by atoms with van der Waals surface area (Å²) in [6, 6.07) is 7.38. The molecule has 2 saturated heterocycles. The molecule has 0 unspecified atom stereocenters. The first-order valence-corrected chi connectivity index (χ1v) is 8.58. The molecule has 0 saturated carbocycles. The topological polar surface area (TPSA) is 49.4 Å². The first-order valence-electron chi connectivity index (χ1n) is 5.97. The van der Waals surface area contributed by atoms with Crippen LogP contribution in [-0.4, -0.2) is 42.0 Å². The third kappa shape index (κ3) is 2.44. The molecule has 0 radical (unpaired) electrons. The second kappa shape index (κ2) is 4.61. The highest BCUT2D eigenvalue weighted by Gasteiger charge is 2.46. The van der Waals surface area contributed by atoms with E-state index in [9.17, 15) is 8.42 Å². The van der Waals surface area contributed by atoms with Gasteiger partial charge in [0.25, 0.3) is 0 Å². The SMILES string of the molecule is O=S1(=O)C[C@@H]2NC(=S)N(Cc3ccccc3Cl)[C@@H]2C1. The maximum atomic E-state index is 11.7. The molecule has 3 rings (SSSR count). The van der Waals surface area contributed by atoms with Crippen LogP contribution in [0.1, 0.15) is 5.56 Å². The minimum absolute atomic E-state index is 0.0752. The number of hydrogen-bond acceptors (Lipinski definition) is 3. The van der Waals surface area contributed by atoms with Crippen molar-refractivity contribution in [2.75, 3.05) is 11.5 Å². The highest BCUT2D eigenvalue weighted by molar-refractivity contribution is 7.91. The number of benzene rings is 1. The number of thiocarbonyl (C=S) groups is 1. The highest BCUT2D eigenvalue weighted by Crippen LogP contribution is 2.27. The van der Waals surface area contributed by atoms with E-state index in [1.807, 2.05) is 29.2 Å². The van der Waals surface area contributed by atoms with Crippen molar-refractivity contribution >= 4 is 38.8 Å². The quantitative estimate of drug-likeness (QED) is 0.831. The monoisotopic (exact) mass is 316 g/mol. The summed E-state index contributed by atoms with van der Waals surface area (Å²) in [7, 11) is -2.96. The zero-order valence-electron chi connectivity index (χ0n) is 10.0. The van der Waals surface area contributed by atoms with Crippen LogP contribution in [0.15, 0.2) is 24.3 Å². The summed E-state index contributed by atoms with van der Waals surface area (Å²) in [5.41, 5.74) is 0.957. The van der Waals surface area contributed by atoms with Gasteiger partial charge in [-0.3, -0.25) is 0 Å². The number of halogens is 1. The molecule has 2 aliphatic heterocycles. The molecule has 1 aromatic carbocycles. The summed E-state index contributed by atoms with van der Waals surface area (Å²) in [5, 5.41) is 4.39. The van der Waals surface area contributed by atoms with Gasteiger partial charge in [-0.05, 0) is 23.8 Å². The first kappa shape index (κ1) is 13.1. The fourth-order valence-electron chi connectivity index (χ4n) is 2.67. The van der Waals surface area contributed by atoms with E-state index in [2.05, 4.69) is 5.32 Å². The van der Waals surface area contributed by atoms with Crippen LogP contribution in [0.5, 0.6) is 0 Å². The molecule has 2 aliphatic rings. The molecule has 4 nitrogen and oxygen atoms in total. The second-order valence-corrected chi connectivity index (χ2v) is 7.87. The Morgan fingerprint density at radius 2 is 2.11 bits per heavy atom. The molecule has 0 aliphatic carbocycles. The van der Waals surface area contributed by atoms with Crippen LogP contribution in [0, 0.1) is 0 Å². The predicted molar refractivity (Wildman–Crippen MR) is 79.0 cm³/mol. The van der Waals surface area contributed by atoms with E-state index in [-0.39, 0.29) is 23.6 Å². The summed E-state index contributed by atoms with van der Waals surface area (Å²) in [6.45, 7) is 0.544. The van der Waals surface area contributed by atoms with Crippen LogP contribution in [0.25, 0.3) is 0 Å². The molecule has 7 heteroatoms. The summed E-state index contributed by atoms with van der Waals surface area (Å²) in [4.78, 5) is 1.94. The molecule has 2 atom stereocenters. The van der Waals surface area contributed by atoms with Crippen LogP contribution in [0.4, 0.5) is 0 Å². The minimum atomic E-state index is -2.96. The molecule has 1 N–H and O–H groups in total. The van der Waals surface area contributed by atoms with Crippen LogP contribution in [0.2, 0.25) is 5.02 Å². The van der Waals surface area contributed by atoms with Crippen molar-refractivity contribution in [3.63, 3.8) is 0 Å². The smallest absolute Gasteiger partial charge is 0.169 e. The normalized spacial score (nSPS) is 28.3. The lowest BCUT2D eigenvalue weighted by Gasteiger charge is -2.23. The van der Waals surface area contributed by atoms with E-state index >= 15 is 0 Å². The van der Waals surface area contributed by atoms with E-state index in [0.717, 1.165) is 5.56 Å². The van der Waals surface area contributed by atoms with Gasteiger partial charge >= 0.3 is 0 Å². The lowest BCUT2D eigenvalue weighted by atomic mass is 10.1. The van der Waals surface area contributed by atoms with Gasteiger partial charge in [0.2, 0.25) is 0 Å². The van der Waals surface area contributed by atoms with E-state index in [1.54, 1.807) is 0 Å². The van der Waals surface area contributed by atoms with Crippen molar-refractivity contribution in [3.8, 4) is 0 Å². The number of hydrogen-bond donors (Lipinski definition) is 1. The van der Waals surface area contributed by atoms with Gasteiger partial charge in [-0.15, -0.1) is 0 Å². The summed E-state index contributed by atoms with van der Waals surface area (Å²) in [5.74, 6) is 0.325. The van der Waals surface area contributed by atoms with E-state index < -0.39 is 9.84 Å². The Morgan fingerprint density at radius 1 is 1.37 bits per heavy atom. The van der Waals surface area contributed by atoms with Crippen LogP contribution >= 0.6 is 23.8 Å². The number of rotatable bonds is 2. The number of sulfone groups is 1. The van der Waals surface area contributed by atoms with Gasteiger partial charge in [0, 0.05) is 11.6 Å². The molecule has 1 aromatic rings. The van der Waals surface area contributed by atoms with Crippen molar-refractivity contribution < 1.29 is 8.42 Å². The maximum absolute atomic E-state index is 11.7. The average molecular weight is 317 g/mol. The maximum Gasteiger partial charge on any atom is 0.169 e. The zero-order chi connectivity index (χ0) is 13.6. The molecule has 0 aromatic heterocycles. The highest BCUT2D eigenvalue weighted by atomic mass is 35.5. The minimum Gasteiger partial charge on any atom is -0.357 e. The van der Waals surface area contributed by atoms with Gasteiger partial charge in [-0.25, -0.2) is 8.42 Å². The molecule has 0 spiro atoms. The lowest BCUT2D eigenvalue weighted by Crippen LogP contribution is -2.36. The summed E-state index contributed by atoms with van der Waals surface area (Å²) in [6.07, 6.45) is 0. The molecule has 0 bridgehead atoms. The zero-order valence-corrected chi connectivity index (χ0v) is 12.4. The Balaban J connectivity index is 1.85. The van der Waals surface area contributed by atoms with Crippen molar-refractivity contribution in [3.05, 3.63) is 34.9 Å². The predicted octanol–water partition coefficient (Wildman–Crippen LogP) is 1.20. The van der Waals surface area contributed by atoms with Crippen molar-refractivity contribution in [1.29, 1.82) is 0 Å². The largest absolute Gasteiger partial charge is 0.357 e. The van der Waals surface area contributed by atoms with Gasteiger partial charge in [-0.2, -0.15) is 0 Å². The van der Waals surface area contributed by atoms with E-state index in [1.165, 1.54) is 0 Å². The van der Waals surface area contributed by atoms with Crippen molar-refractivity contribution in [2.24, 2.45) is 0 Å². The third-order valence-electron chi connectivity index (χ3n) is 3.59. The van der Waals surface area contributed by atoms with Crippen molar-refractivity contribution in [2.45, 2.75) is 18.6 Å². The van der Waals surface area contributed by atoms with Gasteiger partial charge < -0.3 is 10.2 Å². The average Bonchev–Trinajstić information content (AvgIpc) is 2.75. The molecule has 2 fully saturated rings. The summed E-state index contributed by atoms with van der Waals surface area (Å²) < 4.78 is 23.4. The number of nitrogens with zero attached hydrogens (tertiary/aromatic N) is 1. The Kier molecular flexibility index (Phi) is 3.19. The molecular formula is C12H13ClN2O2S2. The second-order valence-electron chi connectivity index (χ2n) is 4.92. The van der Waals surface area contributed by atoms with Gasteiger partial charge in [0.05, 0.1) is 23.6 Å². The third-order valence-corrected chi connectivity index (χ3v) is 6.03. The Bertz CT molecular complexity index is 632. The molecular weight excluding hydrogens is 304 g/mol. The Morgan fingerprint density at radius 3 is 2.84 bits per heavy atom.